The van der Waals surface area contributed by atoms with Crippen molar-refractivity contribution >= 4 is 38.9 Å². The molecule has 1 N–H and O–H groups in total. The van der Waals surface area contributed by atoms with Gasteiger partial charge in [0.05, 0.1) is 20.6 Å². The Bertz CT molecular complexity index is 1390. The summed E-state index contributed by atoms with van der Waals surface area (Å²) in [7, 11) is -1.36. The molecule has 0 saturated carbocycles. The first-order chi connectivity index (χ1) is 17.6. The Morgan fingerprint density at radius 3 is 1.84 bits per heavy atom. The molecule has 0 spiro atoms. The molecular formula is C33H38ClNOS. The van der Waals surface area contributed by atoms with Crippen LogP contribution in [0.15, 0.2) is 82.6 Å². The van der Waals surface area contributed by atoms with Gasteiger partial charge in [-0.05, 0) is 82.0 Å². The van der Waals surface area contributed by atoms with E-state index >= 15 is 0 Å². The van der Waals surface area contributed by atoms with Crippen LogP contribution in [0, 0.1) is 0 Å². The van der Waals surface area contributed by atoms with Crippen molar-refractivity contribution in [2.75, 3.05) is 5.32 Å². The molecule has 37 heavy (non-hydrogen) atoms. The van der Waals surface area contributed by atoms with Crippen molar-refractivity contribution in [2.24, 2.45) is 0 Å². The highest BCUT2D eigenvalue weighted by atomic mass is 35.5. The minimum Gasteiger partial charge on any atom is -0.378 e. The van der Waals surface area contributed by atoms with Gasteiger partial charge < -0.3 is 5.32 Å². The third kappa shape index (κ3) is 5.78. The third-order valence-corrected chi connectivity index (χ3v) is 8.97. The maximum Gasteiger partial charge on any atom is 0.0865 e. The summed E-state index contributed by atoms with van der Waals surface area (Å²) < 4.78 is 14.9. The highest BCUT2D eigenvalue weighted by Gasteiger charge is 2.26. The van der Waals surface area contributed by atoms with Crippen LogP contribution in [-0.4, -0.2) is 4.21 Å². The normalized spacial score (nSPS) is 13.5. The maximum absolute atomic E-state index is 14.9. The van der Waals surface area contributed by atoms with Crippen molar-refractivity contribution in [3.8, 4) is 0 Å². The van der Waals surface area contributed by atoms with Crippen LogP contribution in [0.25, 0.3) is 10.8 Å². The predicted octanol–water partition coefficient (Wildman–Crippen LogP) is 10.2. The molecule has 4 aromatic carbocycles. The van der Waals surface area contributed by atoms with E-state index in [4.69, 9.17) is 11.6 Å². The van der Waals surface area contributed by atoms with E-state index in [0.29, 0.717) is 10.9 Å². The second-order valence-electron chi connectivity index (χ2n) is 10.8. The van der Waals surface area contributed by atoms with Crippen molar-refractivity contribution in [1.29, 1.82) is 0 Å². The van der Waals surface area contributed by atoms with Gasteiger partial charge in [0, 0.05) is 16.8 Å². The summed E-state index contributed by atoms with van der Waals surface area (Å²) in [6.07, 6.45) is 0. The van der Waals surface area contributed by atoms with Gasteiger partial charge in [-0.1, -0.05) is 102 Å². The molecule has 0 saturated heterocycles. The van der Waals surface area contributed by atoms with Crippen LogP contribution in [0.5, 0.6) is 0 Å². The molecule has 0 aliphatic rings. The van der Waals surface area contributed by atoms with Gasteiger partial charge in [0.1, 0.15) is 0 Å². The minimum absolute atomic E-state index is 0.0512. The highest BCUT2D eigenvalue weighted by molar-refractivity contribution is 7.85. The second-order valence-corrected chi connectivity index (χ2v) is 12.6. The van der Waals surface area contributed by atoms with Crippen LogP contribution < -0.4 is 5.32 Å². The van der Waals surface area contributed by atoms with Gasteiger partial charge in [-0.3, -0.25) is 0 Å². The topological polar surface area (TPSA) is 29.1 Å². The first kappa shape index (κ1) is 27.4. The van der Waals surface area contributed by atoms with Crippen LogP contribution in [-0.2, 0) is 10.8 Å². The second kappa shape index (κ2) is 11.4. The Morgan fingerprint density at radius 1 is 0.676 bits per heavy atom. The lowest BCUT2D eigenvalue weighted by molar-refractivity contribution is 0.674. The molecular weight excluding hydrogens is 494 g/mol. The molecule has 0 radical (unpaired) electrons. The molecule has 0 fully saturated rings. The zero-order valence-electron chi connectivity index (χ0n) is 22.9. The van der Waals surface area contributed by atoms with Gasteiger partial charge in [0.15, 0.2) is 0 Å². The number of nitrogens with one attached hydrogen (secondary N) is 1. The lowest BCUT2D eigenvalue weighted by Gasteiger charge is -2.25. The summed E-state index contributed by atoms with van der Waals surface area (Å²) in [6, 6.07) is 24.8. The number of rotatable bonds is 8. The van der Waals surface area contributed by atoms with Crippen LogP contribution >= 0.6 is 11.6 Å². The Labute approximate surface area is 229 Å². The molecule has 2 nitrogen and oxygen atoms in total. The van der Waals surface area contributed by atoms with Crippen LogP contribution in [0.2, 0.25) is 5.02 Å². The molecule has 0 aliphatic carbocycles. The van der Waals surface area contributed by atoms with E-state index in [1.807, 2.05) is 36.4 Å². The summed E-state index contributed by atoms with van der Waals surface area (Å²) in [4.78, 5) is 1.87. The van der Waals surface area contributed by atoms with Crippen molar-refractivity contribution in [2.45, 2.75) is 82.1 Å². The van der Waals surface area contributed by atoms with Crippen molar-refractivity contribution in [3.05, 3.63) is 100 Å². The van der Waals surface area contributed by atoms with Gasteiger partial charge in [-0.2, -0.15) is 0 Å². The number of fused-ring (bicyclic) bond motifs is 1. The summed E-state index contributed by atoms with van der Waals surface area (Å²) >= 11 is 6.11. The smallest absolute Gasteiger partial charge is 0.0865 e. The van der Waals surface area contributed by atoms with Crippen molar-refractivity contribution in [1.82, 2.24) is 0 Å². The van der Waals surface area contributed by atoms with Gasteiger partial charge in [0.25, 0.3) is 0 Å². The maximum atomic E-state index is 14.9. The summed E-state index contributed by atoms with van der Waals surface area (Å²) in [6.45, 7) is 15.4. The number of halogens is 1. The number of hydrogen-bond donors (Lipinski definition) is 1. The lowest BCUT2D eigenvalue weighted by Crippen LogP contribution is -2.14. The van der Waals surface area contributed by atoms with E-state index in [1.165, 1.54) is 16.7 Å². The Morgan fingerprint density at radius 2 is 1.27 bits per heavy atom. The molecule has 0 amide bonds. The monoisotopic (exact) mass is 531 g/mol. The van der Waals surface area contributed by atoms with Crippen molar-refractivity contribution < 1.29 is 4.21 Å². The third-order valence-electron chi connectivity index (χ3n) is 7.05. The van der Waals surface area contributed by atoms with E-state index in [2.05, 4.69) is 90.2 Å². The fourth-order valence-corrected chi connectivity index (χ4v) is 7.08. The summed E-state index contributed by atoms with van der Waals surface area (Å²) in [5, 5.41) is 6.45. The Hall–Kier alpha value is -2.62. The van der Waals surface area contributed by atoms with Gasteiger partial charge in [-0.25, -0.2) is 4.21 Å². The number of benzene rings is 4. The average Bonchev–Trinajstić information content (AvgIpc) is 2.87. The quantitative estimate of drug-likeness (QED) is 0.245. The summed E-state index contributed by atoms with van der Waals surface area (Å²) in [5.41, 5.74) is 5.71. The Balaban J connectivity index is 1.95. The molecule has 194 valence electrons. The molecule has 4 aromatic rings. The predicted molar refractivity (Wildman–Crippen MR) is 161 cm³/mol. The van der Waals surface area contributed by atoms with Crippen molar-refractivity contribution in [3.63, 3.8) is 0 Å². The Kier molecular flexibility index (Phi) is 8.46. The summed E-state index contributed by atoms with van der Waals surface area (Å²) in [5.74, 6) is 0.936. The fourth-order valence-electron chi connectivity index (χ4n) is 4.89. The molecule has 0 aliphatic heterocycles. The van der Waals surface area contributed by atoms with Crippen LogP contribution in [0.1, 0.15) is 94.5 Å². The molecule has 0 bridgehead atoms. The van der Waals surface area contributed by atoms with Gasteiger partial charge in [0.2, 0.25) is 0 Å². The average molecular weight is 532 g/mol. The lowest BCUT2D eigenvalue weighted by atomic mass is 9.89. The molecule has 4 heteroatoms. The fraction of sp³-hybridized carbons (Fsp3) is 0.333. The van der Waals surface area contributed by atoms with Gasteiger partial charge >= 0.3 is 0 Å². The first-order valence-electron chi connectivity index (χ1n) is 13.2. The first-order valence-corrected chi connectivity index (χ1v) is 14.7. The van der Waals surface area contributed by atoms with Crippen LogP contribution in [0.4, 0.5) is 5.69 Å². The largest absolute Gasteiger partial charge is 0.378 e. The minimum atomic E-state index is -1.36. The SMILES string of the molecule is CC(C)c1cc(C(C)C)c(S(=O)c2c([C@H](C)Nc3ccc(Cl)cc3)ccc3ccccc23)c(C(C)C)c1. The molecule has 1 unspecified atom stereocenters. The molecule has 2 atom stereocenters. The molecule has 0 aromatic heterocycles. The zero-order chi connectivity index (χ0) is 26.9. The van der Waals surface area contributed by atoms with Gasteiger partial charge in [-0.15, -0.1) is 0 Å². The standard InChI is InChI=1S/C33H38ClNOS/c1-20(2)25-18-30(21(3)4)33(31(19-25)22(5)6)37(36)32-28(17-12-24-10-8-9-11-29(24)32)23(7)35-27-15-13-26(34)14-16-27/h8-23,35H,1-7H3/t23-,37?/m0/s1. The van der Waals surface area contributed by atoms with E-state index < -0.39 is 10.8 Å². The molecule has 0 heterocycles. The van der Waals surface area contributed by atoms with Crippen LogP contribution in [0.3, 0.4) is 0 Å². The number of anilines is 1. The zero-order valence-corrected chi connectivity index (χ0v) is 24.5. The molecule has 4 rings (SSSR count). The van der Waals surface area contributed by atoms with E-state index in [0.717, 1.165) is 31.8 Å². The van der Waals surface area contributed by atoms with E-state index in [-0.39, 0.29) is 17.9 Å². The number of hydrogen-bond acceptors (Lipinski definition) is 2. The highest BCUT2D eigenvalue weighted by Crippen LogP contribution is 2.40. The van der Waals surface area contributed by atoms with E-state index in [9.17, 15) is 4.21 Å². The van der Waals surface area contributed by atoms with E-state index in [1.54, 1.807) is 0 Å².